The number of nitrogens with one attached hydrogen (secondary N) is 1. The fraction of sp³-hybridized carbons (Fsp3) is 1.00. The van der Waals surface area contributed by atoms with Crippen molar-refractivity contribution in [3.8, 4) is 0 Å². The highest BCUT2D eigenvalue weighted by atomic mass is 16.3. The third-order valence-corrected chi connectivity index (χ3v) is 4.23. The largest absolute Gasteiger partial charge is 0.396 e. The minimum Gasteiger partial charge on any atom is -0.396 e. The molecule has 0 aromatic heterocycles. The van der Waals surface area contributed by atoms with Crippen molar-refractivity contribution in [3.63, 3.8) is 0 Å². The van der Waals surface area contributed by atoms with E-state index in [2.05, 4.69) is 24.2 Å². The second-order valence-electron chi connectivity index (χ2n) is 5.37. The summed E-state index contributed by atoms with van der Waals surface area (Å²) in [4.78, 5) is 2.42. The van der Waals surface area contributed by atoms with Crippen LogP contribution in [0.2, 0.25) is 0 Å². The maximum atomic E-state index is 9.26. The van der Waals surface area contributed by atoms with Gasteiger partial charge in [0.05, 0.1) is 0 Å². The topological polar surface area (TPSA) is 35.5 Å². The normalized spacial score (nSPS) is 42.6. The first-order valence-electron chi connectivity index (χ1n) is 6.28. The first-order chi connectivity index (χ1) is 7.20. The number of rotatable bonds is 3. The van der Waals surface area contributed by atoms with Gasteiger partial charge in [0, 0.05) is 31.3 Å². The van der Waals surface area contributed by atoms with Gasteiger partial charge in [-0.15, -0.1) is 0 Å². The first kappa shape index (κ1) is 11.4. The Bertz CT molecular complexity index is 200. The molecule has 3 nitrogen and oxygen atoms in total. The summed E-state index contributed by atoms with van der Waals surface area (Å²) in [6.45, 7) is 3.81. The molecule has 88 valence electrons. The van der Waals surface area contributed by atoms with Crippen molar-refractivity contribution in [1.29, 1.82) is 0 Å². The van der Waals surface area contributed by atoms with Crippen LogP contribution in [0.4, 0.5) is 0 Å². The molecular weight excluding hydrogens is 188 g/mol. The third-order valence-electron chi connectivity index (χ3n) is 4.23. The second-order valence-corrected chi connectivity index (χ2v) is 5.37. The van der Waals surface area contributed by atoms with Gasteiger partial charge in [-0.3, -0.25) is 0 Å². The van der Waals surface area contributed by atoms with Gasteiger partial charge in [0.25, 0.3) is 0 Å². The Morgan fingerprint density at radius 2 is 2.20 bits per heavy atom. The molecule has 3 heteroatoms. The van der Waals surface area contributed by atoms with E-state index in [4.69, 9.17) is 0 Å². The van der Waals surface area contributed by atoms with Crippen LogP contribution in [0.25, 0.3) is 0 Å². The van der Waals surface area contributed by atoms with Crippen molar-refractivity contribution >= 4 is 0 Å². The summed E-state index contributed by atoms with van der Waals surface area (Å²) in [6.07, 6.45) is 4.98. The quantitative estimate of drug-likeness (QED) is 0.727. The zero-order valence-electron chi connectivity index (χ0n) is 9.95. The Labute approximate surface area is 92.8 Å². The number of aliphatic hydroxyl groups is 1. The first-order valence-corrected chi connectivity index (χ1v) is 6.28. The van der Waals surface area contributed by atoms with Crippen molar-refractivity contribution in [1.82, 2.24) is 10.2 Å². The van der Waals surface area contributed by atoms with E-state index in [1.807, 2.05) is 0 Å². The van der Waals surface area contributed by atoms with E-state index in [1.165, 1.54) is 25.7 Å². The molecule has 2 rings (SSSR count). The molecule has 2 fully saturated rings. The van der Waals surface area contributed by atoms with Crippen molar-refractivity contribution in [2.75, 3.05) is 20.2 Å². The lowest BCUT2D eigenvalue weighted by molar-refractivity contribution is 0.199. The molecule has 2 aliphatic rings. The van der Waals surface area contributed by atoms with Crippen LogP contribution in [0.3, 0.4) is 0 Å². The molecule has 0 aromatic carbocycles. The van der Waals surface area contributed by atoms with Crippen LogP contribution in [0, 0.1) is 5.92 Å². The number of likely N-dealkylation sites (N-methyl/N-ethyl adjacent to an activating group) is 1. The molecule has 0 aromatic rings. The lowest BCUT2D eigenvalue weighted by Crippen LogP contribution is -2.42. The molecule has 1 heterocycles. The predicted molar refractivity (Wildman–Crippen MR) is 61.8 cm³/mol. The number of nitrogens with zero attached hydrogens (tertiary/aromatic N) is 1. The van der Waals surface area contributed by atoms with E-state index >= 15 is 0 Å². The van der Waals surface area contributed by atoms with E-state index in [0.29, 0.717) is 30.7 Å². The fourth-order valence-corrected chi connectivity index (χ4v) is 3.09. The highest BCUT2D eigenvalue weighted by Gasteiger charge is 2.32. The average molecular weight is 212 g/mol. The third kappa shape index (κ3) is 2.52. The van der Waals surface area contributed by atoms with Crippen LogP contribution >= 0.6 is 0 Å². The van der Waals surface area contributed by atoms with Gasteiger partial charge in [0.1, 0.15) is 0 Å². The molecule has 4 unspecified atom stereocenters. The summed E-state index contributed by atoms with van der Waals surface area (Å²) >= 11 is 0. The SMILES string of the molecule is CC1CC(NC2CCCC2CO)CN1C. The fourth-order valence-electron chi connectivity index (χ4n) is 3.09. The molecule has 15 heavy (non-hydrogen) atoms. The summed E-state index contributed by atoms with van der Waals surface area (Å²) in [6, 6.07) is 1.91. The second kappa shape index (κ2) is 4.81. The van der Waals surface area contributed by atoms with Gasteiger partial charge < -0.3 is 15.3 Å². The highest BCUT2D eigenvalue weighted by Crippen LogP contribution is 2.27. The van der Waals surface area contributed by atoms with Gasteiger partial charge in [0.15, 0.2) is 0 Å². The van der Waals surface area contributed by atoms with Gasteiger partial charge in [-0.25, -0.2) is 0 Å². The minimum absolute atomic E-state index is 0.357. The van der Waals surface area contributed by atoms with Gasteiger partial charge >= 0.3 is 0 Å². The van der Waals surface area contributed by atoms with Crippen molar-refractivity contribution in [2.24, 2.45) is 5.92 Å². The lowest BCUT2D eigenvalue weighted by Gasteiger charge is -2.23. The van der Waals surface area contributed by atoms with Gasteiger partial charge in [-0.2, -0.15) is 0 Å². The average Bonchev–Trinajstić information content (AvgIpc) is 2.75. The summed E-state index contributed by atoms with van der Waals surface area (Å²) in [7, 11) is 2.20. The van der Waals surface area contributed by atoms with Crippen LogP contribution in [-0.2, 0) is 0 Å². The molecule has 0 spiro atoms. The molecule has 1 saturated carbocycles. The van der Waals surface area contributed by atoms with Crippen molar-refractivity contribution < 1.29 is 5.11 Å². The lowest BCUT2D eigenvalue weighted by atomic mass is 10.0. The van der Waals surface area contributed by atoms with Gasteiger partial charge in [0.2, 0.25) is 0 Å². The molecule has 4 atom stereocenters. The van der Waals surface area contributed by atoms with Crippen LogP contribution in [0.15, 0.2) is 0 Å². The Balaban J connectivity index is 1.82. The Kier molecular flexibility index (Phi) is 3.65. The van der Waals surface area contributed by atoms with Crippen LogP contribution in [0.5, 0.6) is 0 Å². The zero-order chi connectivity index (χ0) is 10.8. The molecule has 1 aliphatic heterocycles. The number of aliphatic hydroxyl groups excluding tert-OH is 1. The molecular formula is C12H24N2O. The molecule has 0 radical (unpaired) electrons. The van der Waals surface area contributed by atoms with E-state index in [9.17, 15) is 5.11 Å². The number of likely N-dealkylation sites (tertiary alicyclic amines) is 1. The Hall–Kier alpha value is -0.120. The van der Waals surface area contributed by atoms with Crippen molar-refractivity contribution in [3.05, 3.63) is 0 Å². The summed E-state index contributed by atoms with van der Waals surface area (Å²) < 4.78 is 0. The zero-order valence-corrected chi connectivity index (χ0v) is 9.95. The summed E-state index contributed by atoms with van der Waals surface area (Å²) in [5.41, 5.74) is 0. The van der Waals surface area contributed by atoms with Crippen LogP contribution in [0.1, 0.15) is 32.6 Å². The van der Waals surface area contributed by atoms with Gasteiger partial charge in [-0.05, 0) is 39.2 Å². The van der Waals surface area contributed by atoms with Gasteiger partial charge in [-0.1, -0.05) is 6.42 Å². The summed E-state index contributed by atoms with van der Waals surface area (Å²) in [5, 5.41) is 13.0. The maximum Gasteiger partial charge on any atom is 0.0474 e. The molecule has 0 bridgehead atoms. The predicted octanol–water partition coefficient (Wildman–Crippen LogP) is 0.830. The Morgan fingerprint density at radius 1 is 1.40 bits per heavy atom. The van der Waals surface area contributed by atoms with E-state index in [0.717, 1.165) is 6.54 Å². The van der Waals surface area contributed by atoms with E-state index < -0.39 is 0 Å². The highest BCUT2D eigenvalue weighted by molar-refractivity contribution is 4.91. The molecule has 0 amide bonds. The Morgan fingerprint density at radius 3 is 2.80 bits per heavy atom. The van der Waals surface area contributed by atoms with Crippen LogP contribution in [-0.4, -0.2) is 48.3 Å². The minimum atomic E-state index is 0.357. The number of hydrogen-bond donors (Lipinski definition) is 2. The van der Waals surface area contributed by atoms with Crippen LogP contribution < -0.4 is 5.32 Å². The molecule has 2 N–H and O–H groups in total. The molecule has 1 saturated heterocycles. The standard InChI is InChI=1S/C12H24N2O/c1-9-6-11(7-14(9)2)13-12-5-3-4-10(12)8-15/h9-13,15H,3-8H2,1-2H3. The van der Waals surface area contributed by atoms with Crippen molar-refractivity contribution in [2.45, 2.75) is 50.7 Å². The number of hydrogen-bond acceptors (Lipinski definition) is 3. The molecule has 1 aliphatic carbocycles. The smallest absolute Gasteiger partial charge is 0.0474 e. The summed E-state index contributed by atoms with van der Waals surface area (Å²) in [5.74, 6) is 0.506. The van der Waals surface area contributed by atoms with E-state index in [-0.39, 0.29) is 0 Å². The monoisotopic (exact) mass is 212 g/mol. The maximum absolute atomic E-state index is 9.26. The van der Waals surface area contributed by atoms with E-state index in [1.54, 1.807) is 0 Å².